The van der Waals surface area contributed by atoms with Crippen LogP contribution >= 0.6 is 11.3 Å². The van der Waals surface area contributed by atoms with Crippen LogP contribution in [0.1, 0.15) is 0 Å². The number of thiophene rings is 1. The molecule has 0 spiro atoms. The van der Waals surface area contributed by atoms with E-state index in [2.05, 4.69) is 0 Å². The van der Waals surface area contributed by atoms with Gasteiger partial charge >= 0.3 is 0 Å². The predicted octanol–water partition coefficient (Wildman–Crippen LogP) is 2.20. The van der Waals surface area contributed by atoms with Crippen molar-refractivity contribution in [3.05, 3.63) is 17.5 Å². The summed E-state index contributed by atoms with van der Waals surface area (Å²) in [6.07, 6.45) is 0. The predicted molar refractivity (Wildman–Crippen MR) is 54.5 cm³/mol. The first-order valence-electron chi connectivity index (χ1n) is 3.76. The number of hydrogen-bond donors (Lipinski definition) is 2. The summed E-state index contributed by atoms with van der Waals surface area (Å²) in [6, 6.07) is 3.37. The van der Waals surface area contributed by atoms with Crippen LogP contribution in [0.5, 0.6) is 11.5 Å². The van der Waals surface area contributed by atoms with Gasteiger partial charge in [-0.15, -0.1) is 11.3 Å². The van der Waals surface area contributed by atoms with Gasteiger partial charge in [-0.2, -0.15) is 0 Å². The van der Waals surface area contributed by atoms with Crippen molar-refractivity contribution in [2.24, 2.45) is 0 Å². The van der Waals surface area contributed by atoms with Crippen LogP contribution in [0.4, 0.5) is 5.69 Å². The molecule has 1 aromatic heterocycles. The highest BCUT2D eigenvalue weighted by atomic mass is 32.1. The van der Waals surface area contributed by atoms with Gasteiger partial charge in [-0.25, -0.2) is 0 Å². The van der Waals surface area contributed by atoms with Crippen LogP contribution in [-0.2, 0) is 0 Å². The van der Waals surface area contributed by atoms with E-state index in [1.165, 1.54) is 0 Å². The quantitative estimate of drug-likeness (QED) is 0.541. The van der Waals surface area contributed by atoms with Crippen LogP contribution in [0.2, 0.25) is 0 Å². The zero-order valence-corrected chi connectivity index (χ0v) is 7.89. The molecule has 0 bridgehead atoms. The van der Waals surface area contributed by atoms with Gasteiger partial charge in [0.15, 0.2) is 0 Å². The maximum atomic E-state index is 9.38. The van der Waals surface area contributed by atoms with Gasteiger partial charge in [-0.05, 0) is 12.1 Å². The second-order valence-corrected chi connectivity index (χ2v) is 3.62. The minimum absolute atomic E-state index is 0.101. The lowest BCUT2D eigenvalue weighted by Crippen LogP contribution is -1.85. The molecule has 0 fully saturated rings. The molecule has 1 aromatic carbocycles. The lowest BCUT2D eigenvalue weighted by atomic mass is 10.2. The fourth-order valence-electron chi connectivity index (χ4n) is 1.21. The van der Waals surface area contributed by atoms with Crippen molar-refractivity contribution in [1.82, 2.24) is 0 Å². The minimum Gasteiger partial charge on any atom is -0.506 e. The number of ether oxygens (including phenoxy) is 1. The number of aromatic hydroxyl groups is 1. The van der Waals surface area contributed by atoms with Crippen molar-refractivity contribution in [3.63, 3.8) is 0 Å². The van der Waals surface area contributed by atoms with E-state index < -0.39 is 0 Å². The van der Waals surface area contributed by atoms with Crippen molar-refractivity contribution in [2.45, 2.75) is 0 Å². The Hall–Kier alpha value is -1.42. The summed E-state index contributed by atoms with van der Waals surface area (Å²) in [5.74, 6) is 0.875. The third-order valence-corrected chi connectivity index (χ3v) is 2.83. The third kappa shape index (κ3) is 1.19. The van der Waals surface area contributed by atoms with E-state index in [1.807, 2.05) is 5.38 Å². The molecule has 3 N–H and O–H groups in total. The summed E-state index contributed by atoms with van der Waals surface area (Å²) < 4.78 is 6.14. The van der Waals surface area contributed by atoms with E-state index in [-0.39, 0.29) is 5.75 Å². The van der Waals surface area contributed by atoms with Crippen molar-refractivity contribution in [3.8, 4) is 11.5 Å². The van der Waals surface area contributed by atoms with Crippen LogP contribution in [0.25, 0.3) is 10.1 Å². The average Bonchev–Trinajstić information content (AvgIpc) is 2.48. The van der Waals surface area contributed by atoms with Crippen LogP contribution in [0.15, 0.2) is 17.5 Å². The fourth-order valence-corrected chi connectivity index (χ4v) is 2.15. The first kappa shape index (κ1) is 8.19. The number of phenolic OH excluding ortho intramolecular Hbond substituents is 1. The van der Waals surface area contributed by atoms with Gasteiger partial charge in [-0.3, -0.25) is 0 Å². The van der Waals surface area contributed by atoms with Gasteiger partial charge in [0.25, 0.3) is 0 Å². The van der Waals surface area contributed by atoms with Crippen molar-refractivity contribution in [2.75, 3.05) is 12.8 Å². The molecular weight excluding hydrogens is 186 g/mol. The molecule has 2 rings (SSSR count). The maximum absolute atomic E-state index is 9.38. The molecule has 0 amide bonds. The van der Waals surface area contributed by atoms with Gasteiger partial charge in [0.1, 0.15) is 11.5 Å². The summed E-state index contributed by atoms with van der Waals surface area (Å²) in [7, 11) is 1.61. The van der Waals surface area contributed by atoms with Crippen LogP contribution < -0.4 is 10.5 Å². The molecule has 4 heteroatoms. The van der Waals surface area contributed by atoms with Crippen molar-refractivity contribution < 1.29 is 9.84 Å². The molecule has 0 atom stereocenters. The Morgan fingerprint density at radius 2 is 2.23 bits per heavy atom. The van der Waals surface area contributed by atoms with E-state index in [1.54, 1.807) is 30.6 Å². The number of hydrogen-bond acceptors (Lipinski definition) is 4. The molecule has 13 heavy (non-hydrogen) atoms. The first-order valence-corrected chi connectivity index (χ1v) is 4.64. The molecule has 1 heterocycles. The average molecular weight is 195 g/mol. The number of methoxy groups -OCH3 is 1. The lowest BCUT2D eigenvalue weighted by molar-refractivity contribution is 0.421. The first-order chi connectivity index (χ1) is 6.22. The highest BCUT2D eigenvalue weighted by Gasteiger charge is 2.07. The smallest absolute Gasteiger partial charge is 0.139 e. The fraction of sp³-hybridized carbons (Fsp3) is 0.111. The zero-order chi connectivity index (χ0) is 9.42. The van der Waals surface area contributed by atoms with Crippen LogP contribution in [0.3, 0.4) is 0 Å². The standard InChI is InChI=1S/C9H9NO2S/c1-12-8-4-13-9-3-6(10)7(11)2-5(8)9/h2-4,11H,10H2,1H3. The lowest BCUT2D eigenvalue weighted by Gasteiger charge is -2.00. The Labute approximate surface area is 79.4 Å². The summed E-state index contributed by atoms with van der Waals surface area (Å²) in [6.45, 7) is 0. The molecule has 0 aliphatic carbocycles. The number of fused-ring (bicyclic) bond motifs is 1. The van der Waals surface area contributed by atoms with E-state index in [0.29, 0.717) is 5.69 Å². The van der Waals surface area contributed by atoms with E-state index >= 15 is 0 Å². The Morgan fingerprint density at radius 3 is 2.92 bits per heavy atom. The van der Waals surface area contributed by atoms with E-state index in [0.717, 1.165) is 15.8 Å². The number of anilines is 1. The van der Waals surface area contributed by atoms with Gasteiger partial charge in [0.05, 0.1) is 12.8 Å². The molecule has 3 nitrogen and oxygen atoms in total. The zero-order valence-electron chi connectivity index (χ0n) is 7.07. The maximum Gasteiger partial charge on any atom is 0.139 e. The number of benzene rings is 1. The second-order valence-electron chi connectivity index (χ2n) is 2.71. The Bertz CT molecular complexity index is 450. The molecule has 68 valence electrons. The molecule has 0 saturated carbocycles. The van der Waals surface area contributed by atoms with Gasteiger partial charge in [0.2, 0.25) is 0 Å². The van der Waals surface area contributed by atoms with Crippen LogP contribution in [-0.4, -0.2) is 12.2 Å². The normalized spacial score (nSPS) is 10.5. The molecule has 0 aliphatic heterocycles. The second kappa shape index (κ2) is 2.81. The molecule has 0 aliphatic rings. The number of rotatable bonds is 1. The molecule has 2 aromatic rings. The highest BCUT2D eigenvalue weighted by molar-refractivity contribution is 7.17. The van der Waals surface area contributed by atoms with Gasteiger partial charge < -0.3 is 15.6 Å². The number of nitrogen functional groups attached to an aromatic ring is 1. The van der Waals surface area contributed by atoms with Crippen molar-refractivity contribution >= 4 is 27.1 Å². The van der Waals surface area contributed by atoms with E-state index in [4.69, 9.17) is 10.5 Å². The minimum atomic E-state index is 0.101. The summed E-state index contributed by atoms with van der Waals surface area (Å²) in [5, 5.41) is 12.2. The third-order valence-electron chi connectivity index (χ3n) is 1.91. The summed E-state index contributed by atoms with van der Waals surface area (Å²) in [5.41, 5.74) is 5.95. The highest BCUT2D eigenvalue weighted by Crippen LogP contribution is 2.37. The van der Waals surface area contributed by atoms with Crippen LogP contribution in [0, 0.1) is 0 Å². The van der Waals surface area contributed by atoms with Crippen molar-refractivity contribution in [1.29, 1.82) is 0 Å². The Morgan fingerprint density at radius 1 is 1.46 bits per heavy atom. The number of nitrogens with two attached hydrogens (primary N) is 1. The molecular formula is C9H9NO2S. The Kier molecular flexibility index (Phi) is 1.77. The SMILES string of the molecule is COc1csc2cc(N)c(O)cc12. The van der Waals surface area contributed by atoms with Gasteiger partial charge in [-0.1, -0.05) is 0 Å². The van der Waals surface area contributed by atoms with E-state index in [9.17, 15) is 5.11 Å². The number of phenols is 1. The molecule has 0 saturated heterocycles. The Balaban J connectivity index is 2.77. The summed E-state index contributed by atoms with van der Waals surface area (Å²) in [4.78, 5) is 0. The topological polar surface area (TPSA) is 55.5 Å². The monoisotopic (exact) mass is 195 g/mol. The van der Waals surface area contributed by atoms with Gasteiger partial charge in [0, 0.05) is 15.5 Å². The molecule has 0 unspecified atom stereocenters. The summed E-state index contributed by atoms with van der Waals surface area (Å²) >= 11 is 1.55. The molecule has 0 radical (unpaired) electrons. The largest absolute Gasteiger partial charge is 0.506 e.